The molecule has 0 heterocycles. The molecule has 0 atom stereocenters. The highest BCUT2D eigenvalue weighted by Gasteiger charge is 2.13. The first-order chi connectivity index (χ1) is 14.9. The van der Waals surface area contributed by atoms with Crippen LogP contribution < -0.4 is 10.1 Å². The van der Waals surface area contributed by atoms with Gasteiger partial charge in [-0.1, -0.05) is 53.0 Å². The number of ether oxygens (including phenoxy) is 1. The lowest BCUT2D eigenvalue weighted by Crippen LogP contribution is -2.13. The van der Waals surface area contributed by atoms with E-state index >= 15 is 0 Å². The normalized spacial score (nSPS) is 11.0. The Balaban J connectivity index is 1.76. The predicted octanol–water partition coefficient (Wildman–Crippen LogP) is 7.19. The smallest absolute Gasteiger partial charge is 0.266 e. The summed E-state index contributed by atoms with van der Waals surface area (Å²) in [5.41, 5.74) is 3.25. The summed E-state index contributed by atoms with van der Waals surface area (Å²) in [6.07, 6.45) is 1.46. The molecule has 7 heteroatoms. The van der Waals surface area contributed by atoms with Gasteiger partial charge in [0, 0.05) is 10.7 Å². The lowest BCUT2D eigenvalue weighted by Gasteiger charge is -2.12. The average molecular weight is 516 g/mol. The second-order valence-corrected chi connectivity index (χ2v) is 8.42. The minimum atomic E-state index is -0.531. The molecule has 0 aliphatic carbocycles. The van der Waals surface area contributed by atoms with Crippen LogP contribution in [0.25, 0.3) is 6.08 Å². The summed E-state index contributed by atoms with van der Waals surface area (Å²) in [6, 6.07) is 19.9. The molecule has 3 aromatic carbocycles. The minimum Gasteiger partial charge on any atom is -0.486 e. The van der Waals surface area contributed by atoms with Crippen LogP contribution in [0.3, 0.4) is 0 Å². The largest absolute Gasteiger partial charge is 0.486 e. The van der Waals surface area contributed by atoms with Gasteiger partial charge in [-0.25, -0.2) is 0 Å². The fourth-order valence-corrected chi connectivity index (χ4v) is 3.80. The molecular weight excluding hydrogens is 499 g/mol. The van der Waals surface area contributed by atoms with Crippen molar-refractivity contribution < 1.29 is 9.53 Å². The molecule has 156 valence electrons. The van der Waals surface area contributed by atoms with Crippen LogP contribution in [0.4, 0.5) is 5.69 Å². The van der Waals surface area contributed by atoms with E-state index in [9.17, 15) is 10.1 Å². The number of benzene rings is 3. The van der Waals surface area contributed by atoms with Gasteiger partial charge in [0.15, 0.2) is 5.75 Å². The summed E-state index contributed by atoms with van der Waals surface area (Å²) in [7, 11) is 0. The van der Waals surface area contributed by atoms with Gasteiger partial charge in [-0.3, -0.25) is 4.79 Å². The number of amides is 1. The Kier molecular flexibility index (Phi) is 7.75. The molecule has 0 fully saturated rings. The number of hydrogen-bond acceptors (Lipinski definition) is 3. The summed E-state index contributed by atoms with van der Waals surface area (Å²) in [5.74, 6) is -0.0414. The van der Waals surface area contributed by atoms with Crippen molar-refractivity contribution in [3.05, 3.63) is 97.4 Å². The summed E-state index contributed by atoms with van der Waals surface area (Å²) in [4.78, 5) is 12.4. The van der Waals surface area contributed by atoms with Crippen LogP contribution in [0, 0.1) is 18.3 Å². The highest BCUT2D eigenvalue weighted by Crippen LogP contribution is 2.35. The zero-order valence-electron chi connectivity index (χ0n) is 16.5. The van der Waals surface area contributed by atoms with Crippen LogP contribution in [-0.2, 0) is 11.4 Å². The number of carbonyl (C=O) groups is 1. The quantitative estimate of drug-likeness (QED) is 0.279. The van der Waals surface area contributed by atoms with Crippen LogP contribution in [0.2, 0.25) is 10.0 Å². The number of halogens is 3. The zero-order chi connectivity index (χ0) is 22.4. The van der Waals surface area contributed by atoms with E-state index in [4.69, 9.17) is 27.9 Å². The van der Waals surface area contributed by atoms with Gasteiger partial charge in [0.25, 0.3) is 5.91 Å². The SMILES string of the molecule is Cc1ccc(COc2c(Cl)cc(/C=C(/C#N)C(=O)Nc3ccc(Cl)cc3)cc2Br)cc1. The molecule has 0 unspecified atom stereocenters. The maximum absolute atomic E-state index is 12.4. The number of carbonyl (C=O) groups excluding carboxylic acids is 1. The maximum Gasteiger partial charge on any atom is 0.266 e. The third-order valence-electron chi connectivity index (χ3n) is 4.30. The molecule has 31 heavy (non-hydrogen) atoms. The average Bonchev–Trinajstić information content (AvgIpc) is 2.74. The molecule has 0 saturated carbocycles. The van der Waals surface area contributed by atoms with Gasteiger partial charge in [0.2, 0.25) is 0 Å². The Morgan fingerprint density at radius 2 is 1.81 bits per heavy atom. The van der Waals surface area contributed by atoms with Crippen LogP contribution in [0.15, 0.2) is 70.7 Å². The van der Waals surface area contributed by atoms with Crippen molar-refractivity contribution in [1.82, 2.24) is 0 Å². The summed E-state index contributed by atoms with van der Waals surface area (Å²) in [6.45, 7) is 2.39. The molecule has 0 aliphatic heterocycles. The molecule has 3 aromatic rings. The molecular formula is C24H17BrCl2N2O2. The summed E-state index contributed by atoms with van der Waals surface area (Å²) < 4.78 is 6.48. The second kappa shape index (κ2) is 10.5. The highest BCUT2D eigenvalue weighted by molar-refractivity contribution is 9.10. The third-order valence-corrected chi connectivity index (χ3v) is 5.42. The van der Waals surface area contributed by atoms with E-state index in [0.717, 1.165) is 5.56 Å². The Hall–Kier alpha value is -2.78. The number of anilines is 1. The van der Waals surface area contributed by atoms with E-state index in [2.05, 4.69) is 21.2 Å². The van der Waals surface area contributed by atoms with Crippen molar-refractivity contribution in [3.63, 3.8) is 0 Å². The van der Waals surface area contributed by atoms with Crippen LogP contribution in [0.5, 0.6) is 5.75 Å². The van der Waals surface area contributed by atoms with Gasteiger partial charge in [0.05, 0.1) is 9.50 Å². The number of aryl methyl sites for hydroxylation is 1. The minimum absolute atomic E-state index is 0.0637. The van der Waals surface area contributed by atoms with E-state index in [1.54, 1.807) is 36.4 Å². The van der Waals surface area contributed by atoms with Crippen molar-refractivity contribution >= 4 is 56.8 Å². The molecule has 0 radical (unpaired) electrons. The van der Waals surface area contributed by atoms with Crippen LogP contribution >= 0.6 is 39.1 Å². The number of nitrogens with zero attached hydrogens (tertiary/aromatic N) is 1. The van der Waals surface area contributed by atoms with E-state index in [1.165, 1.54) is 11.6 Å². The number of nitriles is 1. The number of rotatable bonds is 6. The van der Waals surface area contributed by atoms with E-state index in [-0.39, 0.29) is 5.57 Å². The Labute approximate surface area is 199 Å². The molecule has 0 aromatic heterocycles. The molecule has 0 saturated heterocycles. The molecule has 1 amide bonds. The topological polar surface area (TPSA) is 62.1 Å². The number of nitrogens with one attached hydrogen (secondary N) is 1. The highest BCUT2D eigenvalue weighted by atomic mass is 79.9. The molecule has 3 rings (SSSR count). The summed E-state index contributed by atoms with van der Waals surface area (Å²) >= 11 is 15.7. The monoisotopic (exact) mass is 514 g/mol. The van der Waals surface area contributed by atoms with Gasteiger partial charge in [-0.05, 0) is 76.5 Å². The predicted molar refractivity (Wildman–Crippen MR) is 128 cm³/mol. The van der Waals surface area contributed by atoms with Crippen molar-refractivity contribution in [2.45, 2.75) is 13.5 Å². The third kappa shape index (κ3) is 6.35. The molecule has 4 nitrogen and oxygen atoms in total. The first-order valence-electron chi connectivity index (χ1n) is 9.22. The fourth-order valence-electron chi connectivity index (χ4n) is 2.69. The van der Waals surface area contributed by atoms with Crippen molar-refractivity contribution in [2.75, 3.05) is 5.32 Å². The Morgan fingerprint density at radius 3 is 2.42 bits per heavy atom. The van der Waals surface area contributed by atoms with Crippen LogP contribution in [0.1, 0.15) is 16.7 Å². The second-order valence-electron chi connectivity index (χ2n) is 6.72. The van der Waals surface area contributed by atoms with Gasteiger partial charge in [-0.15, -0.1) is 0 Å². The van der Waals surface area contributed by atoms with Gasteiger partial charge < -0.3 is 10.1 Å². The van der Waals surface area contributed by atoms with Crippen molar-refractivity contribution in [1.29, 1.82) is 5.26 Å². The first-order valence-corrected chi connectivity index (χ1v) is 10.8. The summed E-state index contributed by atoms with van der Waals surface area (Å²) in [5, 5.41) is 13.0. The molecule has 0 spiro atoms. The number of hydrogen-bond donors (Lipinski definition) is 1. The van der Waals surface area contributed by atoms with E-state index in [1.807, 2.05) is 37.3 Å². The van der Waals surface area contributed by atoms with Gasteiger partial charge in [0.1, 0.15) is 18.2 Å². The lowest BCUT2D eigenvalue weighted by molar-refractivity contribution is -0.112. The van der Waals surface area contributed by atoms with E-state index < -0.39 is 5.91 Å². The molecule has 0 bridgehead atoms. The first kappa shape index (κ1) is 22.9. The zero-order valence-corrected chi connectivity index (χ0v) is 19.6. The standard InChI is InChI=1S/C24H17BrCl2N2O2/c1-15-2-4-16(5-3-15)14-31-23-21(25)11-17(12-22(23)27)10-18(13-28)24(30)29-20-8-6-19(26)7-9-20/h2-12H,14H2,1H3,(H,29,30)/b18-10-. The molecule has 0 aliphatic rings. The Morgan fingerprint density at radius 1 is 1.13 bits per heavy atom. The van der Waals surface area contributed by atoms with Gasteiger partial charge in [-0.2, -0.15) is 5.26 Å². The molecule has 1 N–H and O–H groups in total. The fraction of sp³-hybridized carbons (Fsp3) is 0.0833. The van der Waals surface area contributed by atoms with Crippen molar-refractivity contribution in [3.8, 4) is 11.8 Å². The van der Waals surface area contributed by atoms with Gasteiger partial charge >= 0.3 is 0 Å². The van der Waals surface area contributed by atoms with E-state index in [0.29, 0.717) is 38.1 Å². The van der Waals surface area contributed by atoms with Crippen LogP contribution in [-0.4, -0.2) is 5.91 Å². The lowest BCUT2D eigenvalue weighted by atomic mass is 10.1. The Bertz CT molecular complexity index is 1140. The van der Waals surface area contributed by atoms with Crippen molar-refractivity contribution in [2.24, 2.45) is 0 Å². The maximum atomic E-state index is 12.4.